The molecular weight excluding hydrogens is 230 g/mol. The van der Waals surface area contributed by atoms with E-state index in [0.717, 1.165) is 23.6 Å². The minimum Gasteiger partial charge on any atom is -0.326 e. The summed E-state index contributed by atoms with van der Waals surface area (Å²) < 4.78 is 0. The van der Waals surface area contributed by atoms with Gasteiger partial charge in [-0.05, 0) is 36.4 Å². The van der Waals surface area contributed by atoms with E-state index in [4.69, 9.17) is 11.6 Å². The first-order valence-electron chi connectivity index (χ1n) is 4.90. The van der Waals surface area contributed by atoms with Crippen LogP contribution in [0.4, 0.5) is 5.69 Å². The van der Waals surface area contributed by atoms with E-state index in [-0.39, 0.29) is 11.8 Å². The smallest absolute Gasteiger partial charge is 0.228 e. The molecule has 0 aliphatic carbocycles. The van der Waals surface area contributed by atoms with Gasteiger partial charge in [0.05, 0.1) is 0 Å². The zero-order valence-corrected chi connectivity index (χ0v) is 9.77. The highest BCUT2D eigenvalue weighted by atomic mass is 35.5. The Kier molecular flexibility index (Phi) is 3.54. The monoisotopic (exact) mass is 241 g/mol. The summed E-state index contributed by atoms with van der Waals surface area (Å²) in [5.41, 5.74) is 0.821. The zero-order valence-electron chi connectivity index (χ0n) is 8.20. The van der Waals surface area contributed by atoms with Crippen molar-refractivity contribution in [3.05, 3.63) is 29.3 Å². The Hall–Kier alpha value is -0.670. The summed E-state index contributed by atoms with van der Waals surface area (Å²) in [6.07, 6.45) is 0.990. The first kappa shape index (κ1) is 10.8. The highest BCUT2D eigenvalue weighted by molar-refractivity contribution is 7.99. The Balaban J connectivity index is 1.96. The number of nitrogens with one attached hydrogen (secondary N) is 1. The number of hydrogen-bond acceptors (Lipinski definition) is 2. The molecule has 0 aromatic heterocycles. The first-order valence-corrected chi connectivity index (χ1v) is 6.43. The Morgan fingerprint density at radius 1 is 1.40 bits per heavy atom. The van der Waals surface area contributed by atoms with Gasteiger partial charge < -0.3 is 5.32 Å². The maximum Gasteiger partial charge on any atom is 0.228 e. The van der Waals surface area contributed by atoms with Crippen molar-refractivity contribution in [2.24, 2.45) is 5.92 Å². The lowest BCUT2D eigenvalue weighted by Gasteiger charge is -2.09. The molecule has 1 unspecified atom stereocenters. The fraction of sp³-hybridized carbons (Fsp3) is 0.364. The highest BCUT2D eigenvalue weighted by Crippen LogP contribution is 2.24. The molecule has 1 aliphatic rings. The normalized spacial score (nSPS) is 20.2. The molecule has 1 aromatic carbocycles. The Morgan fingerprint density at radius 3 is 2.73 bits per heavy atom. The van der Waals surface area contributed by atoms with Crippen molar-refractivity contribution in [2.45, 2.75) is 6.42 Å². The zero-order chi connectivity index (χ0) is 10.7. The molecule has 1 aliphatic heterocycles. The van der Waals surface area contributed by atoms with Crippen LogP contribution in [0.1, 0.15) is 6.42 Å². The topological polar surface area (TPSA) is 29.1 Å². The van der Waals surface area contributed by atoms with Crippen LogP contribution in [0.5, 0.6) is 0 Å². The van der Waals surface area contributed by atoms with Crippen molar-refractivity contribution >= 4 is 35.0 Å². The molecule has 0 saturated carbocycles. The number of carbonyl (C=O) groups is 1. The van der Waals surface area contributed by atoms with Crippen LogP contribution in [0, 0.1) is 5.92 Å². The Labute approximate surface area is 98.4 Å². The van der Waals surface area contributed by atoms with Crippen molar-refractivity contribution in [3.8, 4) is 0 Å². The molecular formula is C11H12ClNOS. The summed E-state index contributed by atoms with van der Waals surface area (Å²) in [7, 11) is 0. The predicted molar refractivity (Wildman–Crippen MR) is 65.5 cm³/mol. The Morgan fingerprint density at radius 2 is 2.13 bits per heavy atom. The number of amides is 1. The van der Waals surface area contributed by atoms with Gasteiger partial charge in [-0.25, -0.2) is 0 Å². The summed E-state index contributed by atoms with van der Waals surface area (Å²) in [5, 5.41) is 3.58. The molecule has 1 amide bonds. The predicted octanol–water partition coefficient (Wildman–Crippen LogP) is 3.03. The molecule has 1 saturated heterocycles. The molecule has 1 aromatic rings. The van der Waals surface area contributed by atoms with Crippen LogP contribution in [0.15, 0.2) is 24.3 Å². The van der Waals surface area contributed by atoms with Gasteiger partial charge in [-0.3, -0.25) is 4.79 Å². The van der Waals surface area contributed by atoms with E-state index in [1.165, 1.54) is 0 Å². The lowest BCUT2D eigenvalue weighted by molar-refractivity contribution is -0.119. The third-order valence-corrected chi connectivity index (χ3v) is 3.83. The summed E-state index contributed by atoms with van der Waals surface area (Å²) in [4.78, 5) is 11.7. The second-order valence-electron chi connectivity index (χ2n) is 3.56. The fourth-order valence-corrected chi connectivity index (χ4v) is 2.87. The summed E-state index contributed by atoms with van der Waals surface area (Å²) >= 11 is 7.60. The molecule has 4 heteroatoms. The van der Waals surface area contributed by atoms with Crippen molar-refractivity contribution in [1.82, 2.24) is 0 Å². The third-order valence-electron chi connectivity index (χ3n) is 2.41. The van der Waals surface area contributed by atoms with Crippen LogP contribution >= 0.6 is 23.4 Å². The molecule has 0 bridgehead atoms. The second-order valence-corrected chi connectivity index (χ2v) is 5.14. The summed E-state index contributed by atoms with van der Waals surface area (Å²) in [5.74, 6) is 2.34. The molecule has 1 fully saturated rings. The number of carbonyl (C=O) groups excluding carboxylic acids is 1. The van der Waals surface area contributed by atoms with Crippen LogP contribution < -0.4 is 5.32 Å². The third kappa shape index (κ3) is 2.89. The quantitative estimate of drug-likeness (QED) is 0.863. The van der Waals surface area contributed by atoms with E-state index in [9.17, 15) is 4.79 Å². The second kappa shape index (κ2) is 4.90. The fourth-order valence-electron chi connectivity index (χ4n) is 1.52. The Bertz CT molecular complexity index is 346. The maximum atomic E-state index is 11.7. The largest absolute Gasteiger partial charge is 0.326 e. The van der Waals surface area contributed by atoms with Gasteiger partial charge in [-0.2, -0.15) is 11.8 Å². The lowest BCUT2D eigenvalue weighted by atomic mass is 10.1. The molecule has 1 N–H and O–H groups in total. The van der Waals surface area contributed by atoms with Gasteiger partial charge in [0.2, 0.25) is 5.91 Å². The van der Waals surface area contributed by atoms with Crippen LogP contribution in [-0.2, 0) is 4.79 Å². The molecule has 1 atom stereocenters. The number of anilines is 1. The van der Waals surface area contributed by atoms with Gasteiger partial charge in [0.15, 0.2) is 0 Å². The van der Waals surface area contributed by atoms with Crippen LogP contribution in [-0.4, -0.2) is 17.4 Å². The van der Waals surface area contributed by atoms with Crippen molar-refractivity contribution in [2.75, 3.05) is 16.8 Å². The molecule has 2 nitrogen and oxygen atoms in total. The standard InChI is InChI=1S/C11H12ClNOS/c12-9-1-3-10(4-2-9)13-11(14)8-5-6-15-7-8/h1-4,8H,5-7H2,(H,13,14). The minimum absolute atomic E-state index is 0.127. The van der Waals surface area contributed by atoms with Gasteiger partial charge in [0.25, 0.3) is 0 Å². The van der Waals surface area contributed by atoms with Crippen LogP contribution in [0.3, 0.4) is 0 Å². The molecule has 2 rings (SSSR count). The average molecular weight is 242 g/mol. The van der Waals surface area contributed by atoms with Gasteiger partial charge in [-0.15, -0.1) is 0 Å². The van der Waals surface area contributed by atoms with E-state index < -0.39 is 0 Å². The molecule has 0 spiro atoms. The summed E-state index contributed by atoms with van der Waals surface area (Å²) in [6.45, 7) is 0. The maximum absolute atomic E-state index is 11.7. The first-order chi connectivity index (χ1) is 7.25. The average Bonchev–Trinajstić information content (AvgIpc) is 2.74. The van der Waals surface area contributed by atoms with E-state index in [1.807, 2.05) is 23.9 Å². The highest BCUT2D eigenvalue weighted by Gasteiger charge is 2.22. The van der Waals surface area contributed by atoms with Gasteiger partial charge in [0.1, 0.15) is 0 Å². The number of rotatable bonds is 2. The lowest BCUT2D eigenvalue weighted by Crippen LogP contribution is -2.22. The van der Waals surface area contributed by atoms with E-state index in [2.05, 4.69) is 5.32 Å². The van der Waals surface area contributed by atoms with Crippen LogP contribution in [0.25, 0.3) is 0 Å². The molecule has 0 radical (unpaired) electrons. The van der Waals surface area contributed by atoms with Gasteiger partial charge in [-0.1, -0.05) is 11.6 Å². The molecule has 1 heterocycles. The summed E-state index contributed by atoms with van der Waals surface area (Å²) in [6, 6.07) is 7.20. The number of thioether (sulfide) groups is 1. The van der Waals surface area contributed by atoms with Gasteiger partial charge in [0, 0.05) is 22.4 Å². The van der Waals surface area contributed by atoms with Crippen molar-refractivity contribution < 1.29 is 4.79 Å². The van der Waals surface area contributed by atoms with Crippen molar-refractivity contribution in [3.63, 3.8) is 0 Å². The van der Waals surface area contributed by atoms with Gasteiger partial charge >= 0.3 is 0 Å². The van der Waals surface area contributed by atoms with E-state index >= 15 is 0 Å². The van der Waals surface area contributed by atoms with Crippen molar-refractivity contribution in [1.29, 1.82) is 0 Å². The van der Waals surface area contributed by atoms with Crippen LogP contribution in [0.2, 0.25) is 5.02 Å². The van der Waals surface area contributed by atoms with E-state index in [1.54, 1.807) is 12.1 Å². The molecule has 15 heavy (non-hydrogen) atoms. The molecule has 80 valence electrons. The van der Waals surface area contributed by atoms with E-state index in [0.29, 0.717) is 5.02 Å². The number of hydrogen-bond donors (Lipinski definition) is 1. The SMILES string of the molecule is O=C(Nc1ccc(Cl)cc1)C1CCSC1. The number of halogens is 1. The minimum atomic E-state index is 0.127. The number of benzene rings is 1.